The Morgan fingerprint density at radius 3 is 0.977 bits per heavy atom. The van der Waals surface area contributed by atoms with Crippen LogP contribution in [0.5, 0.6) is 0 Å². The van der Waals surface area contributed by atoms with Gasteiger partial charge in [-0.15, -0.1) is 0 Å². The fraction of sp³-hybridized carbons (Fsp3) is 0.0909. The van der Waals surface area contributed by atoms with E-state index in [1.54, 1.807) is 48.5 Å². The molecule has 0 fully saturated rings. The van der Waals surface area contributed by atoms with Crippen molar-refractivity contribution in [1.29, 1.82) is 0 Å². The number of hydrogen-bond donors (Lipinski definition) is 4. The van der Waals surface area contributed by atoms with Crippen LogP contribution in [0.4, 0.5) is 0 Å². The maximum Gasteiger partial charge on any atom is 0.336 e. The molecular formula is C33H24O10. The molecule has 4 rings (SSSR count). The van der Waals surface area contributed by atoms with E-state index in [-0.39, 0.29) is 22.3 Å². The smallest absolute Gasteiger partial charge is 0.336 e. The zero-order chi connectivity index (χ0) is 31.6. The predicted molar refractivity (Wildman–Crippen MR) is 153 cm³/mol. The number of carbonyl (C=O) groups is 6. The average molecular weight is 581 g/mol. The average Bonchev–Trinajstić information content (AvgIpc) is 2.99. The molecule has 0 aliphatic heterocycles. The van der Waals surface area contributed by atoms with Crippen molar-refractivity contribution in [2.45, 2.75) is 19.3 Å². The van der Waals surface area contributed by atoms with Crippen molar-refractivity contribution in [2.75, 3.05) is 0 Å². The Bertz CT molecular complexity index is 1680. The molecule has 4 aromatic carbocycles. The maximum atomic E-state index is 13.0. The normalized spacial score (nSPS) is 11.0. The van der Waals surface area contributed by atoms with Crippen LogP contribution in [0.25, 0.3) is 0 Å². The monoisotopic (exact) mass is 580 g/mol. The first-order chi connectivity index (χ1) is 20.2. The molecule has 0 saturated carbocycles. The summed E-state index contributed by atoms with van der Waals surface area (Å²) in [6, 6.07) is 20.1. The van der Waals surface area contributed by atoms with Crippen molar-refractivity contribution in [1.82, 2.24) is 0 Å². The molecule has 10 heteroatoms. The molecule has 0 spiro atoms. The van der Waals surface area contributed by atoms with Crippen LogP contribution in [0, 0.1) is 0 Å². The first kappa shape index (κ1) is 30.1. The van der Waals surface area contributed by atoms with Crippen molar-refractivity contribution in [3.8, 4) is 0 Å². The summed E-state index contributed by atoms with van der Waals surface area (Å²) in [4.78, 5) is 71.7. The Kier molecular flexibility index (Phi) is 8.06. The minimum Gasteiger partial charge on any atom is -0.478 e. The van der Waals surface area contributed by atoms with Gasteiger partial charge in [0.25, 0.3) is 0 Å². The van der Waals surface area contributed by atoms with Gasteiger partial charge in [0.1, 0.15) is 0 Å². The molecule has 0 amide bonds. The zero-order valence-electron chi connectivity index (χ0n) is 22.8. The molecule has 0 aromatic heterocycles. The van der Waals surface area contributed by atoms with E-state index in [0.717, 1.165) is 35.4 Å². The van der Waals surface area contributed by atoms with Crippen LogP contribution in [-0.4, -0.2) is 55.9 Å². The third kappa shape index (κ3) is 5.94. The molecule has 216 valence electrons. The van der Waals surface area contributed by atoms with Gasteiger partial charge >= 0.3 is 23.9 Å². The Morgan fingerprint density at radius 2 is 0.698 bits per heavy atom. The van der Waals surface area contributed by atoms with Gasteiger partial charge in [0.2, 0.25) is 0 Å². The standard InChI is InChI=1S/C33H24O10/c1-33(2,21-9-3-17(4-10-21)27(34)19-7-13-23(29(36)37)25(15-19)31(40)41)22-11-5-18(6-12-22)28(35)20-8-14-24(30(38)39)26(16-20)32(42)43/h3-16H,1-2H3,(H,36,37)(H,38,39)(H,40,41)(H,42,43). The Balaban J connectivity index is 1.56. The molecule has 0 atom stereocenters. The summed E-state index contributed by atoms with van der Waals surface area (Å²) in [5.41, 5.74) is -0.144. The molecule has 0 aliphatic carbocycles. The van der Waals surface area contributed by atoms with Gasteiger partial charge in [-0.3, -0.25) is 9.59 Å². The molecule has 10 nitrogen and oxygen atoms in total. The topological polar surface area (TPSA) is 183 Å². The van der Waals surface area contributed by atoms with Gasteiger partial charge < -0.3 is 20.4 Å². The van der Waals surface area contributed by atoms with Crippen molar-refractivity contribution >= 4 is 35.4 Å². The SMILES string of the molecule is CC(C)(c1ccc(C(=O)c2ccc(C(=O)O)c(C(=O)O)c2)cc1)c1ccc(C(=O)c2ccc(C(=O)O)c(C(=O)O)c2)cc1. The van der Waals surface area contributed by atoms with Crippen LogP contribution in [-0.2, 0) is 5.41 Å². The Hall–Kier alpha value is -5.90. The van der Waals surface area contributed by atoms with Crippen molar-refractivity contribution in [3.63, 3.8) is 0 Å². The first-order valence-corrected chi connectivity index (χ1v) is 12.7. The van der Waals surface area contributed by atoms with Crippen molar-refractivity contribution in [2.24, 2.45) is 0 Å². The minimum atomic E-state index is -1.46. The highest BCUT2D eigenvalue weighted by atomic mass is 16.4. The first-order valence-electron chi connectivity index (χ1n) is 12.7. The lowest BCUT2D eigenvalue weighted by Crippen LogP contribution is -2.19. The van der Waals surface area contributed by atoms with E-state index in [2.05, 4.69) is 0 Å². The number of ketones is 2. The van der Waals surface area contributed by atoms with Gasteiger partial charge in [-0.1, -0.05) is 74.5 Å². The summed E-state index contributed by atoms with van der Waals surface area (Å²) < 4.78 is 0. The molecule has 0 unspecified atom stereocenters. The molecule has 0 saturated heterocycles. The Labute approximate surface area is 244 Å². The fourth-order valence-electron chi connectivity index (χ4n) is 4.67. The third-order valence-electron chi connectivity index (χ3n) is 7.22. The lowest BCUT2D eigenvalue weighted by Gasteiger charge is -2.26. The van der Waals surface area contributed by atoms with E-state index in [1.165, 1.54) is 12.1 Å². The quantitative estimate of drug-likeness (QED) is 0.180. The van der Waals surface area contributed by atoms with Crippen LogP contribution >= 0.6 is 0 Å². The summed E-state index contributed by atoms with van der Waals surface area (Å²) in [7, 11) is 0. The van der Waals surface area contributed by atoms with E-state index >= 15 is 0 Å². The molecule has 4 aromatic rings. The third-order valence-corrected chi connectivity index (χ3v) is 7.22. The maximum absolute atomic E-state index is 13.0. The lowest BCUT2D eigenvalue weighted by molar-refractivity contribution is 0.0651. The summed E-state index contributed by atoms with van der Waals surface area (Å²) in [6.07, 6.45) is 0. The molecule has 0 heterocycles. The number of carbonyl (C=O) groups excluding carboxylic acids is 2. The summed E-state index contributed by atoms with van der Waals surface area (Å²) in [6.45, 7) is 3.88. The predicted octanol–water partition coefficient (Wildman–Crippen LogP) is 5.27. The van der Waals surface area contributed by atoms with Gasteiger partial charge in [0.05, 0.1) is 22.3 Å². The van der Waals surface area contributed by atoms with Crippen molar-refractivity contribution in [3.05, 3.63) is 141 Å². The van der Waals surface area contributed by atoms with E-state index in [0.29, 0.717) is 0 Å². The summed E-state index contributed by atoms with van der Waals surface area (Å²) >= 11 is 0. The van der Waals surface area contributed by atoms with Crippen molar-refractivity contribution < 1.29 is 49.2 Å². The van der Waals surface area contributed by atoms with Gasteiger partial charge in [0.15, 0.2) is 11.6 Å². The van der Waals surface area contributed by atoms with Gasteiger partial charge in [-0.05, 0) is 35.4 Å². The number of aromatic carboxylic acids is 4. The molecule has 0 aliphatic rings. The highest BCUT2D eigenvalue weighted by molar-refractivity contribution is 6.12. The van der Waals surface area contributed by atoms with E-state index < -0.39 is 63.1 Å². The molecule has 4 N–H and O–H groups in total. The fourth-order valence-corrected chi connectivity index (χ4v) is 4.67. The van der Waals surface area contributed by atoms with E-state index in [1.807, 2.05) is 13.8 Å². The van der Waals surface area contributed by atoms with Gasteiger partial charge in [-0.25, -0.2) is 19.2 Å². The van der Waals surface area contributed by atoms with Crippen LogP contribution < -0.4 is 0 Å². The summed E-state index contributed by atoms with van der Waals surface area (Å²) in [5.74, 6) is -6.71. The van der Waals surface area contributed by atoms with Crippen LogP contribution in [0.3, 0.4) is 0 Å². The number of carboxylic acid groups (broad SMARTS) is 4. The van der Waals surface area contributed by atoms with Crippen LogP contribution in [0.1, 0.15) is 98.2 Å². The lowest BCUT2D eigenvalue weighted by atomic mass is 9.77. The highest BCUT2D eigenvalue weighted by Gasteiger charge is 2.25. The molecular weight excluding hydrogens is 556 g/mol. The van der Waals surface area contributed by atoms with Gasteiger partial charge in [0, 0.05) is 27.7 Å². The zero-order valence-corrected chi connectivity index (χ0v) is 22.8. The second kappa shape index (κ2) is 11.5. The number of carboxylic acids is 4. The largest absolute Gasteiger partial charge is 0.478 e. The number of rotatable bonds is 10. The molecule has 0 bridgehead atoms. The summed E-state index contributed by atoms with van der Waals surface area (Å²) in [5, 5.41) is 37.1. The second-order valence-electron chi connectivity index (χ2n) is 10.2. The number of benzene rings is 4. The molecule has 0 radical (unpaired) electrons. The molecule has 43 heavy (non-hydrogen) atoms. The second-order valence-corrected chi connectivity index (χ2v) is 10.2. The van der Waals surface area contributed by atoms with E-state index in [9.17, 15) is 49.2 Å². The Morgan fingerprint density at radius 1 is 0.419 bits per heavy atom. The van der Waals surface area contributed by atoms with Gasteiger partial charge in [-0.2, -0.15) is 0 Å². The van der Waals surface area contributed by atoms with Crippen LogP contribution in [0.15, 0.2) is 84.9 Å². The minimum absolute atomic E-state index is 0.0303. The number of hydrogen-bond acceptors (Lipinski definition) is 6. The van der Waals surface area contributed by atoms with Crippen LogP contribution in [0.2, 0.25) is 0 Å². The highest BCUT2D eigenvalue weighted by Crippen LogP contribution is 2.32. The van der Waals surface area contributed by atoms with E-state index in [4.69, 9.17) is 0 Å².